The Balaban J connectivity index is 2.60. The van der Waals surface area contributed by atoms with Crippen molar-refractivity contribution in [1.82, 2.24) is 5.32 Å². The molecule has 0 saturated carbocycles. The molecule has 0 saturated heterocycles. The molecule has 5 nitrogen and oxygen atoms in total. The summed E-state index contributed by atoms with van der Waals surface area (Å²) in [5.74, 6) is 0.288. The zero-order valence-corrected chi connectivity index (χ0v) is 11.2. The summed E-state index contributed by atoms with van der Waals surface area (Å²) in [5.41, 5.74) is -0.0186. The number of nitro benzene ring substituents is 1. The van der Waals surface area contributed by atoms with E-state index >= 15 is 0 Å². The summed E-state index contributed by atoms with van der Waals surface area (Å²) in [7, 11) is 0. The van der Waals surface area contributed by atoms with E-state index in [1.165, 1.54) is 6.07 Å². The highest BCUT2D eigenvalue weighted by Crippen LogP contribution is 2.34. The average Bonchev–Trinajstić information content (AvgIpc) is 2.30. The number of nitro groups is 1. The molecule has 6 heteroatoms. The Kier molecular flexibility index (Phi) is 5.93. The van der Waals surface area contributed by atoms with Gasteiger partial charge in [-0.25, -0.2) is 0 Å². The van der Waals surface area contributed by atoms with Crippen LogP contribution in [-0.4, -0.2) is 24.6 Å². The molecule has 0 atom stereocenters. The van der Waals surface area contributed by atoms with E-state index in [2.05, 4.69) is 28.2 Å². The lowest BCUT2D eigenvalue weighted by molar-refractivity contribution is -0.385. The number of rotatable bonds is 7. The molecule has 1 N–H and O–H groups in total. The molecule has 0 unspecified atom stereocenters. The van der Waals surface area contributed by atoms with Gasteiger partial charge < -0.3 is 10.1 Å². The summed E-state index contributed by atoms with van der Waals surface area (Å²) in [6, 6.07) is 4.77. The number of hydrogen-bond donors (Lipinski definition) is 1. The second kappa shape index (κ2) is 7.24. The maximum Gasteiger partial charge on any atom is 0.312 e. The lowest BCUT2D eigenvalue weighted by Gasteiger charge is -2.08. The predicted molar refractivity (Wildman–Crippen MR) is 69.5 cm³/mol. The van der Waals surface area contributed by atoms with Gasteiger partial charge in [0.2, 0.25) is 5.75 Å². The van der Waals surface area contributed by atoms with Gasteiger partial charge in [-0.1, -0.05) is 13.0 Å². The van der Waals surface area contributed by atoms with E-state index in [1.807, 2.05) is 0 Å². The molecule has 94 valence electrons. The topological polar surface area (TPSA) is 64.4 Å². The summed E-state index contributed by atoms with van der Waals surface area (Å²) in [4.78, 5) is 10.4. The molecule has 0 aliphatic rings. The van der Waals surface area contributed by atoms with Crippen LogP contribution in [0, 0.1) is 10.1 Å². The molecule has 0 aliphatic heterocycles. The first kappa shape index (κ1) is 13.9. The van der Waals surface area contributed by atoms with Gasteiger partial charge in [-0.2, -0.15) is 0 Å². The minimum absolute atomic E-state index is 0.0186. The van der Waals surface area contributed by atoms with Crippen molar-refractivity contribution in [3.8, 4) is 5.75 Å². The lowest BCUT2D eigenvalue weighted by Crippen LogP contribution is -2.21. The predicted octanol–water partition coefficient (Wildman–Crippen LogP) is 2.74. The SMILES string of the molecule is CCCNCCOc1c(Br)cccc1[N+](=O)[O-]. The average molecular weight is 303 g/mol. The van der Waals surface area contributed by atoms with Crippen molar-refractivity contribution in [2.75, 3.05) is 19.7 Å². The number of para-hydroxylation sites is 1. The number of hydrogen-bond acceptors (Lipinski definition) is 4. The molecule has 17 heavy (non-hydrogen) atoms. The highest BCUT2D eigenvalue weighted by molar-refractivity contribution is 9.10. The number of halogens is 1. The highest BCUT2D eigenvalue weighted by Gasteiger charge is 2.17. The van der Waals surface area contributed by atoms with E-state index in [0.717, 1.165) is 13.0 Å². The van der Waals surface area contributed by atoms with Gasteiger partial charge in [0.25, 0.3) is 0 Å². The highest BCUT2D eigenvalue weighted by atomic mass is 79.9. The zero-order valence-electron chi connectivity index (χ0n) is 9.61. The van der Waals surface area contributed by atoms with E-state index in [-0.39, 0.29) is 11.4 Å². The van der Waals surface area contributed by atoms with Gasteiger partial charge in [-0.05, 0) is 35.0 Å². The van der Waals surface area contributed by atoms with Crippen LogP contribution in [-0.2, 0) is 0 Å². The first-order chi connectivity index (χ1) is 8.16. The first-order valence-corrected chi connectivity index (χ1v) is 6.22. The van der Waals surface area contributed by atoms with Crippen LogP contribution >= 0.6 is 15.9 Å². The molecule has 0 aromatic heterocycles. The minimum Gasteiger partial charge on any atom is -0.485 e. The Labute approximate surface area is 108 Å². The van der Waals surface area contributed by atoms with Crippen LogP contribution in [0.1, 0.15) is 13.3 Å². The molecule has 0 spiro atoms. The fourth-order valence-electron chi connectivity index (χ4n) is 1.31. The molecule has 1 aromatic carbocycles. The van der Waals surface area contributed by atoms with Crippen LogP contribution in [0.2, 0.25) is 0 Å². The third-order valence-electron chi connectivity index (χ3n) is 2.09. The van der Waals surface area contributed by atoms with Crippen LogP contribution in [0.15, 0.2) is 22.7 Å². The Bertz CT molecular complexity index is 385. The third-order valence-corrected chi connectivity index (χ3v) is 2.72. The lowest BCUT2D eigenvalue weighted by atomic mass is 10.3. The van der Waals surface area contributed by atoms with E-state index in [4.69, 9.17) is 4.74 Å². The van der Waals surface area contributed by atoms with E-state index in [0.29, 0.717) is 17.6 Å². The van der Waals surface area contributed by atoms with Gasteiger partial charge in [0.1, 0.15) is 6.61 Å². The number of ether oxygens (including phenoxy) is 1. The van der Waals surface area contributed by atoms with Crippen LogP contribution in [0.25, 0.3) is 0 Å². The van der Waals surface area contributed by atoms with Crippen molar-refractivity contribution in [3.63, 3.8) is 0 Å². The summed E-state index contributed by atoms with van der Waals surface area (Å²) < 4.78 is 6.02. The van der Waals surface area contributed by atoms with Crippen LogP contribution < -0.4 is 10.1 Å². The van der Waals surface area contributed by atoms with Crippen molar-refractivity contribution in [1.29, 1.82) is 0 Å². The Morgan fingerprint density at radius 2 is 2.24 bits per heavy atom. The maximum atomic E-state index is 10.8. The molecule has 0 fully saturated rings. The fourth-order valence-corrected chi connectivity index (χ4v) is 1.78. The molecule has 1 rings (SSSR count). The minimum atomic E-state index is -0.445. The second-order valence-electron chi connectivity index (χ2n) is 3.44. The Morgan fingerprint density at radius 1 is 1.47 bits per heavy atom. The quantitative estimate of drug-likeness (QED) is 0.478. The van der Waals surface area contributed by atoms with Crippen molar-refractivity contribution in [3.05, 3.63) is 32.8 Å². The largest absolute Gasteiger partial charge is 0.485 e. The van der Waals surface area contributed by atoms with E-state index < -0.39 is 4.92 Å². The zero-order chi connectivity index (χ0) is 12.7. The van der Waals surface area contributed by atoms with Crippen molar-refractivity contribution < 1.29 is 9.66 Å². The van der Waals surface area contributed by atoms with E-state index in [1.54, 1.807) is 12.1 Å². The molecule has 0 amide bonds. The summed E-state index contributed by atoms with van der Waals surface area (Å²) in [6.45, 7) is 4.07. The summed E-state index contributed by atoms with van der Waals surface area (Å²) in [6.07, 6.45) is 1.05. The normalized spacial score (nSPS) is 10.2. The Morgan fingerprint density at radius 3 is 2.88 bits per heavy atom. The Hall–Kier alpha value is -1.14. The smallest absolute Gasteiger partial charge is 0.312 e. The van der Waals surface area contributed by atoms with Crippen LogP contribution in [0.3, 0.4) is 0 Å². The number of nitrogens with zero attached hydrogens (tertiary/aromatic N) is 1. The van der Waals surface area contributed by atoms with Crippen LogP contribution in [0.4, 0.5) is 5.69 Å². The van der Waals surface area contributed by atoms with Gasteiger partial charge in [0, 0.05) is 12.6 Å². The molecule has 1 aromatic rings. The monoisotopic (exact) mass is 302 g/mol. The summed E-state index contributed by atoms with van der Waals surface area (Å²) in [5, 5.41) is 14.0. The molecule has 0 aliphatic carbocycles. The maximum absolute atomic E-state index is 10.8. The standard InChI is InChI=1S/C11H15BrN2O3/c1-2-6-13-7-8-17-11-9(12)4-3-5-10(11)14(15)16/h3-5,13H,2,6-8H2,1H3. The van der Waals surface area contributed by atoms with Gasteiger partial charge in [-0.15, -0.1) is 0 Å². The number of nitrogens with one attached hydrogen (secondary N) is 1. The van der Waals surface area contributed by atoms with Gasteiger partial charge >= 0.3 is 5.69 Å². The van der Waals surface area contributed by atoms with Gasteiger partial charge in [0.15, 0.2) is 0 Å². The molecule has 0 heterocycles. The first-order valence-electron chi connectivity index (χ1n) is 5.43. The molecule has 0 radical (unpaired) electrons. The van der Waals surface area contributed by atoms with Crippen molar-refractivity contribution in [2.45, 2.75) is 13.3 Å². The summed E-state index contributed by atoms with van der Waals surface area (Å²) >= 11 is 3.25. The molecular formula is C11H15BrN2O3. The molecular weight excluding hydrogens is 288 g/mol. The van der Waals surface area contributed by atoms with Gasteiger partial charge in [0.05, 0.1) is 9.40 Å². The van der Waals surface area contributed by atoms with Crippen molar-refractivity contribution in [2.24, 2.45) is 0 Å². The van der Waals surface area contributed by atoms with Crippen LogP contribution in [0.5, 0.6) is 5.75 Å². The third kappa shape index (κ3) is 4.32. The second-order valence-corrected chi connectivity index (χ2v) is 4.30. The molecule has 0 bridgehead atoms. The van der Waals surface area contributed by atoms with Crippen molar-refractivity contribution >= 4 is 21.6 Å². The van der Waals surface area contributed by atoms with E-state index in [9.17, 15) is 10.1 Å². The fraction of sp³-hybridized carbons (Fsp3) is 0.455. The number of benzene rings is 1. The van der Waals surface area contributed by atoms with Gasteiger partial charge in [-0.3, -0.25) is 10.1 Å².